The Hall–Kier alpha value is -2.60. The summed E-state index contributed by atoms with van der Waals surface area (Å²) in [6.07, 6.45) is 1.75. The first-order chi connectivity index (χ1) is 13.6. The van der Waals surface area contributed by atoms with Gasteiger partial charge in [0, 0.05) is 56.2 Å². The largest absolute Gasteiger partial charge is 0.378 e. The van der Waals surface area contributed by atoms with Gasteiger partial charge in [0.2, 0.25) is 0 Å². The van der Waals surface area contributed by atoms with E-state index in [9.17, 15) is 4.79 Å². The number of piperazine rings is 1. The van der Waals surface area contributed by atoms with Gasteiger partial charge in [-0.05, 0) is 37.6 Å². The summed E-state index contributed by atoms with van der Waals surface area (Å²) in [7, 11) is 0. The summed E-state index contributed by atoms with van der Waals surface area (Å²) in [5.41, 5.74) is 3.32. The Kier molecular flexibility index (Phi) is 5.48. The number of pyridine rings is 1. The molecular formula is C22H28N4O2. The van der Waals surface area contributed by atoms with Crippen molar-refractivity contribution in [3.05, 3.63) is 53.7 Å². The summed E-state index contributed by atoms with van der Waals surface area (Å²) in [4.78, 5) is 24.0. The first kappa shape index (κ1) is 18.7. The minimum atomic E-state index is 0.0677. The molecule has 6 heteroatoms. The van der Waals surface area contributed by atoms with Crippen LogP contribution in [-0.2, 0) is 4.74 Å². The van der Waals surface area contributed by atoms with Crippen molar-refractivity contribution in [1.29, 1.82) is 0 Å². The van der Waals surface area contributed by atoms with Gasteiger partial charge < -0.3 is 19.4 Å². The van der Waals surface area contributed by atoms with E-state index in [0.29, 0.717) is 37.9 Å². The topological polar surface area (TPSA) is 48.9 Å². The Morgan fingerprint density at radius 2 is 1.89 bits per heavy atom. The number of carbonyl (C=O) groups is 1. The number of carbonyl (C=O) groups excluding carboxylic acids is 1. The van der Waals surface area contributed by atoms with Gasteiger partial charge in [-0.1, -0.05) is 18.2 Å². The molecule has 148 valence electrons. The zero-order valence-electron chi connectivity index (χ0n) is 16.7. The maximum Gasteiger partial charge on any atom is 0.254 e. The van der Waals surface area contributed by atoms with Crippen molar-refractivity contribution in [2.24, 2.45) is 0 Å². The van der Waals surface area contributed by atoms with Crippen LogP contribution in [-0.4, -0.2) is 67.8 Å². The highest BCUT2D eigenvalue weighted by molar-refractivity contribution is 5.95. The number of aromatic nitrogens is 1. The van der Waals surface area contributed by atoms with Gasteiger partial charge in [0.25, 0.3) is 5.91 Å². The smallest absolute Gasteiger partial charge is 0.254 e. The summed E-state index contributed by atoms with van der Waals surface area (Å²) in [5, 5.41) is 0. The summed E-state index contributed by atoms with van der Waals surface area (Å²) in [5.74, 6) is 0.953. The number of para-hydroxylation sites is 1. The van der Waals surface area contributed by atoms with Crippen LogP contribution < -0.4 is 9.80 Å². The summed E-state index contributed by atoms with van der Waals surface area (Å²) in [6, 6.07) is 12.6. The molecule has 1 amide bonds. The Morgan fingerprint density at radius 3 is 2.64 bits per heavy atom. The average molecular weight is 380 g/mol. The molecular weight excluding hydrogens is 352 g/mol. The average Bonchev–Trinajstić information content (AvgIpc) is 2.74. The van der Waals surface area contributed by atoms with Crippen LogP contribution in [0, 0.1) is 6.92 Å². The number of aryl methyl sites for hydroxylation is 1. The fourth-order valence-electron chi connectivity index (χ4n) is 4.09. The van der Waals surface area contributed by atoms with Crippen molar-refractivity contribution >= 4 is 17.4 Å². The highest BCUT2D eigenvalue weighted by Crippen LogP contribution is 2.25. The number of nitrogens with zero attached hydrogens (tertiary/aromatic N) is 4. The zero-order chi connectivity index (χ0) is 19.5. The Balaban J connectivity index is 1.48. The van der Waals surface area contributed by atoms with E-state index in [4.69, 9.17) is 4.74 Å². The third-order valence-electron chi connectivity index (χ3n) is 5.67. The monoisotopic (exact) mass is 380 g/mol. The molecule has 0 bridgehead atoms. The molecule has 2 aliphatic heterocycles. The lowest BCUT2D eigenvalue weighted by molar-refractivity contribution is 0.0303. The number of benzene rings is 1. The van der Waals surface area contributed by atoms with Crippen LogP contribution >= 0.6 is 0 Å². The van der Waals surface area contributed by atoms with Crippen LogP contribution in [0.5, 0.6) is 0 Å². The molecule has 0 aliphatic carbocycles. The van der Waals surface area contributed by atoms with Gasteiger partial charge in [-0.3, -0.25) is 4.79 Å². The van der Waals surface area contributed by atoms with E-state index < -0.39 is 0 Å². The van der Waals surface area contributed by atoms with Crippen molar-refractivity contribution in [2.75, 3.05) is 55.7 Å². The van der Waals surface area contributed by atoms with E-state index in [2.05, 4.69) is 52.9 Å². The van der Waals surface area contributed by atoms with Crippen molar-refractivity contribution in [3.8, 4) is 0 Å². The Labute approximate surface area is 166 Å². The van der Waals surface area contributed by atoms with Crippen molar-refractivity contribution in [2.45, 2.75) is 19.9 Å². The lowest BCUT2D eigenvalue weighted by atomic mass is 10.1. The third-order valence-corrected chi connectivity index (χ3v) is 5.67. The number of rotatable bonds is 3. The minimum Gasteiger partial charge on any atom is -0.378 e. The first-order valence-electron chi connectivity index (χ1n) is 10.0. The maximum atomic E-state index is 12.8. The number of morpholine rings is 1. The third kappa shape index (κ3) is 3.83. The second-order valence-corrected chi connectivity index (χ2v) is 7.58. The molecule has 1 aromatic carbocycles. The second kappa shape index (κ2) is 8.19. The standard InChI is InChI=1S/C22H28N4O2/c1-17-5-3-4-6-20(17)25-9-10-26(18(2)16-25)21-15-19(7-8-23-21)22(27)24-11-13-28-14-12-24/h3-8,15,18H,9-14,16H2,1-2H3/t18-/m1/s1. The van der Waals surface area contributed by atoms with E-state index in [1.807, 2.05) is 17.0 Å². The molecule has 28 heavy (non-hydrogen) atoms. The number of anilines is 2. The van der Waals surface area contributed by atoms with Gasteiger partial charge in [-0.25, -0.2) is 4.98 Å². The lowest BCUT2D eigenvalue weighted by Crippen LogP contribution is -2.52. The molecule has 0 N–H and O–H groups in total. The van der Waals surface area contributed by atoms with Gasteiger partial charge in [-0.15, -0.1) is 0 Å². The van der Waals surface area contributed by atoms with Crippen LogP contribution in [0.3, 0.4) is 0 Å². The molecule has 4 rings (SSSR count). The van der Waals surface area contributed by atoms with Crippen molar-refractivity contribution < 1.29 is 9.53 Å². The van der Waals surface area contributed by atoms with E-state index in [-0.39, 0.29) is 5.91 Å². The van der Waals surface area contributed by atoms with Crippen LogP contribution in [0.1, 0.15) is 22.8 Å². The molecule has 6 nitrogen and oxygen atoms in total. The summed E-state index contributed by atoms with van der Waals surface area (Å²) < 4.78 is 5.35. The molecule has 2 aliphatic rings. The predicted molar refractivity (Wildman–Crippen MR) is 111 cm³/mol. The van der Waals surface area contributed by atoms with Crippen LogP contribution in [0.15, 0.2) is 42.6 Å². The number of ether oxygens (including phenoxy) is 1. The Morgan fingerprint density at radius 1 is 1.11 bits per heavy atom. The van der Waals surface area contributed by atoms with Crippen LogP contribution in [0.25, 0.3) is 0 Å². The molecule has 0 radical (unpaired) electrons. The molecule has 2 saturated heterocycles. The predicted octanol–water partition coefficient (Wildman–Crippen LogP) is 2.58. The van der Waals surface area contributed by atoms with Crippen LogP contribution in [0.2, 0.25) is 0 Å². The fraction of sp³-hybridized carbons (Fsp3) is 0.455. The van der Waals surface area contributed by atoms with Gasteiger partial charge >= 0.3 is 0 Å². The van der Waals surface area contributed by atoms with E-state index in [1.165, 1.54) is 11.3 Å². The highest BCUT2D eigenvalue weighted by atomic mass is 16.5. The number of amides is 1. The van der Waals surface area contributed by atoms with Gasteiger partial charge in [0.15, 0.2) is 0 Å². The highest BCUT2D eigenvalue weighted by Gasteiger charge is 2.26. The first-order valence-corrected chi connectivity index (χ1v) is 10.0. The van der Waals surface area contributed by atoms with Gasteiger partial charge in [0.05, 0.1) is 13.2 Å². The molecule has 2 fully saturated rings. The molecule has 1 aromatic heterocycles. The number of hydrogen-bond donors (Lipinski definition) is 0. The number of hydrogen-bond acceptors (Lipinski definition) is 5. The summed E-state index contributed by atoms with van der Waals surface area (Å²) in [6.45, 7) is 9.69. The second-order valence-electron chi connectivity index (χ2n) is 7.58. The molecule has 2 aromatic rings. The minimum absolute atomic E-state index is 0.0677. The quantitative estimate of drug-likeness (QED) is 0.819. The van der Waals surface area contributed by atoms with Crippen molar-refractivity contribution in [3.63, 3.8) is 0 Å². The Bertz CT molecular complexity index is 835. The van der Waals surface area contributed by atoms with E-state index >= 15 is 0 Å². The molecule has 3 heterocycles. The molecule has 1 atom stereocenters. The SMILES string of the molecule is Cc1ccccc1N1CCN(c2cc(C(=O)N3CCOCC3)ccn2)[C@H](C)C1. The van der Waals surface area contributed by atoms with E-state index in [1.54, 1.807) is 6.20 Å². The van der Waals surface area contributed by atoms with Gasteiger partial charge in [0.1, 0.15) is 5.82 Å². The van der Waals surface area contributed by atoms with Crippen LogP contribution in [0.4, 0.5) is 11.5 Å². The molecule has 0 unspecified atom stereocenters. The lowest BCUT2D eigenvalue weighted by Gasteiger charge is -2.42. The maximum absolute atomic E-state index is 12.8. The fourth-order valence-corrected chi connectivity index (χ4v) is 4.09. The van der Waals surface area contributed by atoms with Crippen molar-refractivity contribution in [1.82, 2.24) is 9.88 Å². The summed E-state index contributed by atoms with van der Waals surface area (Å²) >= 11 is 0. The molecule has 0 saturated carbocycles. The van der Waals surface area contributed by atoms with E-state index in [0.717, 1.165) is 25.5 Å². The van der Waals surface area contributed by atoms with Gasteiger partial charge in [-0.2, -0.15) is 0 Å². The molecule has 0 spiro atoms. The zero-order valence-corrected chi connectivity index (χ0v) is 16.7. The normalized spacial score (nSPS) is 20.4.